The zero-order valence-corrected chi connectivity index (χ0v) is 10.2. The zero-order chi connectivity index (χ0) is 10.9. The fourth-order valence-corrected chi connectivity index (χ4v) is 1.51. The molecule has 1 aromatic heterocycles. The van der Waals surface area contributed by atoms with Crippen LogP contribution in [0.5, 0.6) is 0 Å². The average molecular weight is 225 g/mol. The Bertz CT molecular complexity index is 278. The summed E-state index contributed by atoms with van der Waals surface area (Å²) in [6.45, 7) is 4.14. The van der Waals surface area contributed by atoms with Gasteiger partial charge in [-0.2, -0.15) is 11.8 Å². The normalized spacial score (nSPS) is 10.0. The topological polar surface area (TPSA) is 37.0 Å². The minimum atomic E-state index is 0.986. The Kier molecular flexibility index (Phi) is 6.00. The Morgan fingerprint density at radius 3 is 2.47 bits per heavy atom. The number of aromatic nitrogens is 1. The highest BCUT2D eigenvalue weighted by Crippen LogP contribution is 2.12. The third-order valence-corrected chi connectivity index (χ3v) is 2.57. The molecule has 4 heteroatoms. The van der Waals surface area contributed by atoms with E-state index in [-0.39, 0.29) is 0 Å². The van der Waals surface area contributed by atoms with Gasteiger partial charge >= 0.3 is 0 Å². The van der Waals surface area contributed by atoms with Crippen LogP contribution < -0.4 is 10.6 Å². The molecule has 0 fully saturated rings. The van der Waals surface area contributed by atoms with Gasteiger partial charge in [0.2, 0.25) is 0 Å². The molecule has 1 rings (SSSR count). The lowest BCUT2D eigenvalue weighted by Crippen LogP contribution is -2.05. The molecule has 0 aromatic carbocycles. The Morgan fingerprint density at radius 2 is 1.87 bits per heavy atom. The molecule has 0 spiro atoms. The smallest absolute Gasteiger partial charge is 0.0547 e. The van der Waals surface area contributed by atoms with Crippen molar-refractivity contribution in [3.05, 3.63) is 18.5 Å². The van der Waals surface area contributed by atoms with Crippen LogP contribution in [0.4, 0.5) is 11.4 Å². The van der Waals surface area contributed by atoms with Crippen molar-refractivity contribution in [3.8, 4) is 0 Å². The predicted molar refractivity (Wildman–Crippen MR) is 69.9 cm³/mol. The van der Waals surface area contributed by atoms with E-state index in [1.807, 2.05) is 24.2 Å². The molecule has 84 valence electrons. The lowest BCUT2D eigenvalue weighted by molar-refractivity contribution is 0.977. The summed E-state index contributed by atoms with van der Waals surface area (Å²) in [5.41, 5.74) is 2.18. The van der Waals surface area contributed by atoms with Crippen LogP contribution in [0.3, 0.4) is 0 Å². The van der Waals surface area contributed by atoms with Gasteiger partial charge in [-0.15, -0.1) is 0 Å². The standard InChI is InChI=1S/C11H19N3S/c1-3-4-13-10-7-11(9-12-8-10)14-5-6-15-2/h7-9,13-14H,3-6H2,1-2H3. The van der Waals surface area contributed by atoms with E-state index in [0.29, 0.717) is 0 Å². The fraction of sp³-hybridized carbons (Fsp3) is 0.545. The number of hydrogen-bond acceptors (Lipinski definition) is 4. The number of nitrogens with zero attached hydrogens (tertiary/aromatic N) is 1. The molecule has 0 unspecified atom stereocenters. The first-order valence-electron chi connectivity index (χ1n) is 5.28. The SMILES string of the molecule is CCCNc1cncc(NCCSC)c1. The van der Waals surface area contributed by atoms with Crippen molar-refractivity contribution in [2.45, 2.75) is 13.3 Å². The van der Waals surface area contributed by atoms with Crippen LogP contribution in [0.2, 0.25) is 0 Å². The second-order valence-corrected chi connectivity index (χ2v) is 4.29. The maximum atomic E-state index is 4.18. The van der Waals surface area contributed by atoms with E-state index in [4.69, 9.17) is 0 Å². The van der Waals surface area contributed by atoms with E-state index in [9.17, 15) is 0 Å². The molecule has 1 aromatic rings. The van der Waals surface area contributed by atoms with E-state index in [1.54, 1.807) is 0 Å². The third-order valence-electron chi connectivity index (χ3n) is 1.95. The predicted octanol–water partition coefficient (Wildman–Crippen LogP) is 2.68. The van der Waals surface area contributed by atoms with Crippen LogP contribution in [0, 0.1) is 0 Å². The molecule has 0 bridgehead atoms. The molecule has 1 heterocycles. The van der Waals surface area contributed by atoms with Crippen molar-refractivity contribution in [2.24, 2.45) is 0 Å². The summed E-state index contributed by atoms with van der Waals surface area (Å²) in [6.07, 6.45) is 6.95. The van der Waals surface area contributed by atoms with Crippen molar-refractivity contribution in [1.82, 2.24) is 4.98 Å². The molecule has 0 aliphatic heterocycles. The zero-order valence-electron chi connectivity index (χ0n) is 9.42. The van der Waals surface area contributed by atoms with Gasteiger partial charge in [0.1, 0.15) is 0 Å². The Balaban J connectivity index is 2.42. The van der Waals surface area contributed by atoms with Crippen LogP contribution in [-0.2, 0) is 0 Å². The number of hydrogen-bond donors (Lipinski definition) is 2. The maximum Gasteiger partial charge on any atom is 0.0547 e. The van der Waals surface area contributed by atoms with E-state index in [2.05, 4.69) is 34.9 Å². The van der Waals surface area contributed by atoms with Gasteiger partial charge < -0.3 is 10.6 Å². The highest BCUT2D eigenvalue weighted by molar-refractivity contribution is 7.98. The average Bonchev–Trinajstić information content (AvgIpc) is 2.27. The van der Waals surface area contributed by atoms with E-state index < -0.39 is 0 Å². The molecule has 0 aliphatic carbocycles. The van der Waals surface area contributed by atoms with Crippen LogP contribution in [0.15, 0.2) is 18.5 Å². The van der Waals surface area contributed by atoms with Gasteiger partial charge in [0.25, 0.3) is 0 Å². The van der Waals surface area contributed by atoms with Gasteiger partial charge in [0.15, 0.2) is 0 Å². The van der Waals surface area contributed by atoms with Gasteiger partial charge in [0, 0.05) is 18.8 Å². The highest BCUT2D eigenvalue weighted by atomic mass is 32.2. The van der Waals surface area contributed by atoms with E-state index >= 15 is 0 Å². The van der Waals surface area contributed by atoms with Crippen molar-refractivity contribution >= 4 is 23.1 Å². The summed E-state index contributed by atoms with van der Waals surface area (Å²) in [7, 11) is 0. The Labute approximate surface area is 96.1 Å². The van der Waals surface area contributed by atoms with Crippen molar-refractivity contribution in [3.63, 3.8) is 0 Å². The van der Waals surface area contributed by atoms with Crippen molar-refractivity contribution < 1.29 is 0 Å². The molecule has 15 heavy (non-hydrogen) atoms. The number of rotatable bonds is 7. The van der Waals surface area contributed by atoms with Gasteiger partial charge in [-0.05, 0) is 18.7 Å². The minimum absolute atomic E-state index is 0.986. The summed E-state index contributed by atoms with van der Waals surface area (Å²) in [6, 6.07) is 2.10. The molecule has 3 nitrogen and oxygen atoms in total. The largest absolute Gasteiger partial charge is 0.384 e. The first-order chi connectivity index (χ1) is 7.36. The minimum Gasteiger partial charge on any atom is -0.384 e. The molecular formula is C11H19N3S. The molecular weight excluding hydrogens is 206 g/mol. The lowest BCUT2D eigenvalue weighted by Gasteiger charge is -2.08. The number of anilines is 2. The quantitative estimate of drug-likeness (QED) is 0.700. The van der Waals surface area contributed by atoms with Crippen LogP contribution in [0.25, 0.3) is 0 Å². The molecule has 0 aliphatic rings. The Morgan fingerprint density at radius 1 is 1.20 bits per heavy atom. The van der Waals surface area contributed by atoms with Gasteiger partial charge in [0.05, 0.1) is 23.8 Å². The van der Waals surface area contributed by atoms with Gasteiger partial charge in [-0.3, -0.25) is 4.98 Å². The number of pyridine rings is 1. The van der Waals surface area contributed by atoms with E-state index in [1.165, 1.54) is 0 Å². The third kappa shape index (κ3) is 4.93. The van der Waals surface area contributed by atoms with Gasteiger partial charge in [-0.1, -0.05) is 6.92 Å². The summed E-state index contributed by atoms with van der Waals surface area (Å²) < 4.78 is 0. The molecule has 0 amide bonds. The number of nitrogens with one attached hydrogen (secondary N) is 2. The summed E-state index contributed by atoms with van der Waals surface area (Å²) in [5, 5.41) is 6.66. The second-order valence-electron chi connectivity index (χ2n) is 3.31. The Hall–Kier alpha value is -0.900. The van der Waals surface area contributed by atoms with Crippen molar-refractivity contribution in [2.75, 3.05) is 35.7 Å². The maximum absolute atomic E-state index is 4.18. The van der Waals surface area contributed by atoms with Crippen LogP contribution in [0.1, 0.15) is 13.3 Å². The monoisotopic (exact) mass is 225 g/mol. The molecule has 0 radical (unpaired) electrons. The molecule has 0 saturated heterocycles. The van der Waals surface area contributed by atoms with Crippen LogP contribution in [-0.4, -0.2) is 30.1 Å². The second kappa shape index (κ2) is 7.40. The molecule has 0 atom stereocenters. The van der Waals surface area contributed by atoms with Crippen LogP contribution >= 0.6 is 11.8 Å². The summed E-state index contributed by atoms with van der Waals surface area (Å²) in [4.78, 5) is 4.18. The lowest BCUT2D eigenvalue weighted by atomic mass is 10.3. The molecule has 2 N–H and O–H groups in total. The van der Waals surface area contributed by atoms with E-state index in [0.717, 1.165) is 36.6 Å². The molecule has 0 saturated carbocycles. The highest BCUT2D eigenvalue weighted by Gasteiger charge is 1.95. The van der Waals surface area contributed by atoms with Gasteiger partial charge in [-0.25, -0.2) is 0 Å². The summed E-state index contributed by atoms with van der Waals surface area (Å²) >= 11 is 1.84. The fourth-order valence-electron chi connectivity index (χ4n) is 1.20. The van der Waals surface area contributed by atoms with Crippen molar-refractivity contribution in [1.29, 1.82) is 0 Å². The first kappa shape index (κ1) is 12.2. The first-order valence-corrected chi connectivity index (χ1v) is 6.68. The summed E-state index contributed by atoms with van der Waals surface area (Å²) in [5.74, 6) is 1.12. The number of thioether (sulfide) groups is 1.